The molecule has 1 aromatic rings. The second-order valence-electron chi connectivity index (χ2n) is 5.35. The van der Waals surface area contributed by atoms with Crippen molar-refractivity contribution in [2.24, 2.45) is 0 Å². The standard InChI is InChI=1S/C16H24N2O/c1-2-3-4-5-8-16(19)18-11-6-7-13-9-10-14(17)12-15(13)18/h9-10,12H,2-8,11,17H2,1H3. The number of fused-ring (bicyclic) bond motifs is 1. The molecular weight excluding hydrogens is 236 g/mol. The summed E-state index contributed by atoms with van der Waals surface area (Å²) < 4.78 is 0. The average Bonchev–Trinajstić information content (AvgIpc) is 2.42. The second kappa shape index (κ2) is 6.60. The van der Waals surface area contributed by atoms with Crippen molar-refractivity contribution in [3.8, 4) is 0 Å². The van der Waals surface area contributed by atoms with Crippen LogP contribution in [-0.4, -0.2) is 12.5 Å². The van der Waals surface area contributed by atoms with Crippen LogP contribution in [0.3, 0.4) is 0 Å². The first-order chi connectivity index (χ1) is 9.22. The van der Waals surface area contributed by atoms with Crippen LogP contribution in [0.1, 0.15) is 51.0 Å². The van der Waals surface area contributed by atoms with Gasteiger partial charge in [0, 0.05) is 24.3 Å². The van der Waals surface area contributed by atoms with Crippen LogP contribution >= 0.6 is 0 Å². The molecule has 19 heavy (non-hydrogen) atoms. The van der Waals surface area contributed by atoms with Crippen LogP contribution in [-0.2, 0) is 11.2 Å². The van der Waals surface area contributed by atoms with Crippen molar-refractivity contribution in [2.75, 3.05) is 17.2 Å². The summed E-state index contributed by atoms with van der Waals surface area (Å²) in [7, 11) is 0. The van der Waals surface area contributed by atoms with Crippen LogP contribution in [0.2, 0.25) is 0 Å². The van der Waals surface area contributed by atoms with Gasteiger partial charge in [-0.25, -0.2) is 0 Å². The quantitative estimate of drug-likeness (QED) is 0.650. The van der Waals surface area contributed by atoms with Crippen molar-refractivity contribution in [1.82, 2.24) is 0 Å². The Bertz CT molecular complexity index is 442. The van der Waals surface area contributed by atoms with E-state index in [2.05, 4.69) is 13.0 Å². The van der Waals surface area contributed by atoms with Crippen molar-refractivity contribution in [1.29, 1.82) is 0 Å². The van der Waals surface area contributed by atoms with E-state index < -0.39 is 0 Å². The maximum atomic E-state index is 12.3. The molecule has 0 unspecified atom stereocenters. The highest BCUT2D eigenvalue weighted by molar-refractivity contribution is 5.95. The smallest absolute Gasteiger partial charge is 0.226 e. The van der Waals surface area contributed by atoms with E-state index in [1.165, 1.54) is 18.4 Å². The number of carbonyl (C=O) groups is 1. The minimum absolute atomic E-state index is 0.252. The molecule has 0 saturated heterocycles. The van der Waals surface area contributed by atoms with Crippen LogP contribution in [0.4, 0.5) is 11.4 Å². The molecule has 3 nitrogen and oxygen atoms in total. The molecule has 0 spiro atoms. The molecule has 0 aliphatic carbocycles. The van der Waals surface area contributed by atoms with E-state index in [9.17, 15) is 4.79 Å². The number of nitrogens with two attached hydrogens (primary N) is 1. The molecule has 104 valence electrons. The Kier molecular flexibility index (Phi) is 4.83. The molecule has 3 heteroatoms. The highest BCUT2D eigenvalue weighted by atomic mass is 16.2. The monoisotopic (exact) mass is 260 g/mol. The molecule has 0 bridgehead atoms. The summed E-state index contributed by atoms with van der Waals surface area (Å²) in [4.78, 5) is 14.3. The Hall–Kier alpha value is -1.51. The van der Waals surface area contributed by atoms with E-state index in [4.69, 9.17) is 5.73 Å². The zero-order chi connectivity index (χ0) is 13.7. The number of carbonyl (C=O) groups excluding carboxylic acids is 1. The highest BCUT2D eigenvalue weighted by Crippen LogP contribution is 2.29. The predicted molar refractivity (Wildman–Crippen MR) is 80.3 cm³/mol. The molecule has 1 amide bonds. The summed E-state index contributed by atoms with van der Waals surface area (Å²) in [6.45, 7) is 3.02. The Morgan fingerprint density at radius 1 is 1.32 bits per heavy atom. The second-order valence-corrected chi connectivity index (χ2v) is 5.35. The Morgan fingerprint density at radius 2 is 2.16 bits per heavy atom. The van der Waals surface area contributed by atoms with Crippen molar-refractivity contribution >= 4 is 17.3 Å². The van der Waals surface area contributed by atoms with Gasteiger partial charge in [-0.1, -0.05) is 32.3 Å². The molecule has 1 aliphatic rings. The molecule has 0 aromatic heterocycles. The lowest BCUT2D eigenvalue weighted by atomic mass is 10.0. The summed E-state index contributed by atoms with van der Waals surface area (Å²) in [6.07, 6.45) is 7.34. The van der Waals surface area contributed by atoms with Crippen molar-refractivity contribution in [3.05, 3.63) is 23.8 Å². The summed E-state index contributed by atoms with van der Waals surface area (Å²) in [6, 6.07) is 5.92. The summed E-state index contributed by atoms with van der Waals surface area (Å²) >= 11 is 0. The maximum Gasteiger partial charge on any atom is 0.226 e. The molecule has 1 aliphatic heterocycles. The molecule has 0 atom stereocenters. The SMILES string of the molecule is CCCCCCC(=O)N1CCCc2ccc(N)cc21. The average molecular weight is 260 g/mol. The number of aryl methyl sites for hydroxylation is 1. The minimum Gasteiger partial charge on any atom is -0.399 e. The van der Waals surface area contributed by atoms with E-state index >= 15 is 0 Å². The highest BCUT2D eigenvalue weighted by Gasteiger charge is 2.21. The lowest BCUT2D eigenvalue weighted by Gasteiger charge is -2.30. The number of hydrogen-bond donors (Lipinski definition) is 1. The van der Waals surface area contributed by atoms with Crippen LogP contribution < -0.4 is 10.6 Å². The van der Waals surface area contributed by atoms with Gasteiger partial charge in [0.2, 0.25) is 5.91 Å². The van der Waals surface area contributed by atoms with Gasteiger partial charge in [-0.15, -0.1) is 0 Å². The van der Waals surface area contributed by atoms with Crippen LogP contribution in [0.5, 0.6) is 0 Å². The maximum absolute atomic E-state index is 12.3. The summed E-state index contributed by atoms with van der Waals surface area (Å²) in [5, 5.41) is 0. The topological polar surface area (TPSA) is 46.3 Å². The third-order valence-corrected chi connectivity index (χ3v) is 3.77. The number of nitrogens with zero attached hydrogens (tertiary/aromatic N) is 1. The summed E-state index contributed by atoms with van der Waals surface area (Å²) in [5.74, 6) is 0.252. The van der Waals surface area contributed by atoms with E-state index in [0.717, 1.165) is 43.6 Å². The van der Waals surface area contributed by atoms with E-state index in [1.54, 1.807) is 0 Å². The number of rotatable bonds is 5. The first-order valence-electron chi connectivity index (χ1n) is 7.41. The molecular formula is C16H24N2O. The van der Waals surface area contributed by atoms with Gasteiger partial charge < -0.3 is 10.6 Å². The Balaban J connectivity index is 2.02. The van der Waals surface area contributed by atoms with Gasteiger partial charge in [0.25, 0.3) is 0 Å². The number of nitrogen functional groups attached to an aromatic ring is 1. The summed E-state index contributed by atoms with van der Waals surface area (Å²) in [5.41, 5.74) is 8.87. The van der Waals surface area contributed by atoms with Crippen LogP contribution in [0, 0.1) is 0 Å². The van der Waals surface area contributed by atoms with E-state index in [1.807, 2.05) is 17.0 Å². The van der Waals surface area contributed by atoms with Crippen molar-refractivity contribution in [3.63, 3.8) is 0 Å². The first kappa shape index (κ1) is 13.9. The number of unbranched alkanes of at least 4 members (excludes halogenated alkanes) is 3. The zero-order valence-corrected chi connectivity index (χ0v) is 11.8. The van der Waals surface area contributed by atoms with Crippen molar-refractivity contribution < 1.29 is 4.79 Å². The fourth-order valence-corrected chi connectivity index (χ4v) is 2.69. The van der Waals surface area contributed by atoms with Gasteiger partial charge in [0.15, 0.2) is 0 Å². The molecule has 0 saturated carbocycles. The van der Waals surface area contributed by atoms with Crippen LogP contribution in [0.25, 0.3) is 0 Å². The van der Waals surface area contributed by atoms with Crippen LogP contribution in [0.15, 0.2) is 18.2 Å². The molecule has 1 heterocycles. The van der Waals surface area contributed by atoms with E-state index in [-0.39, 0.29) is 5.91 Å². The fourth-order valence-electron chi connectivity index (χ4n) is 2.69. The Labute approximate surface area is 115 Å². The molecule has 0 radical (unpaired) electrons. The first-order valence-corrected chi connectivity index (χ1v) is 7.41. The third-order valence-electron chi connectivity index (χ3n) is 3.77. The van der Waals surface area contributed by atoms with Gasteiger partial charge in [-0.2, -0.15) is 0 Å². The number of hydrogen-bond acceptors (Lipinski definition) is 2. The lowest BCUT2D eigenvalue weighted by molar-refractivity contribution is -0.118. The predicted octanol–water partition coefficient (Wildman–Crippen LogP) is 3.52. The van der Waals surface area contributed by atoms with Gasteiger partial charge in [-0.3, -0.25) is 4.79 Å². The number of amides is 1. The molecule has 0 fully saturated rings. The molecule has 2 N–H and O–H groups in total. The van der Waals surface area contributed by atoms with Gasteiger partial charge in [-0.05, 0) is 37.0 Å². The number of benzene rings is 1. The normalized spacial score (nSPS) is 14.3. The van der Waals surface area contributed by atoms with Gasteiger partial charge >= 0.3 is 0 Å². The third kappa shape index (κ3) is 3.49. The minimum atomic E-state index is 0.252. The Morgan fingerprint density at radius 3 is 2.95 bits per heavy atom. The molecule has 1 aromatic carbocycles. The largest absolute Gasteiger partial charge is 0.399 e. The zero-order valence-electron chi connectivity index (χ0n) is 11.8. The van der Waals surface area contributed by atoms with E-state index in [0.29, 0.717) is 6.42 Å². The van der Waals surface area contributed by atoms with Gasteiger partial charge in [0.1, 0.15) is 0 Å². The van der Waals surface area contributed by atoms with Crippen molar-refractivity contribution in [2.45, 2.75) is 51.9 Å². The number of anilines is 2. The molecule has 2 rings (SSSR count). The fraction of sp³-hybridized carbons (Fsp3) is 0.562. The lowest BCUT2D eigenvalue weighted by Crippen LogP contribution is -2.35. The van der Waals surface area contributed by atoms with Gasteiger partial charge in [0.05, 0.1) is 0 Å².